The van der Waals surface area contributed by atoms with Crippen LogP contribution in [0.4, 0.5) is 5.00 Å². The molecule has 2 rings (SSSR count). The molecule has 0 spiro atoms. The van der Waals surface area contributed by atoms with Crippen molar-refractivity contribution in [2.24, 2.45) is 0 Å². The second kappa shape index (κ2) is 6.31. The fourth-order valence-corrected chi connectivity index (χ4v) is 3.04. The summed E-state index contributed by atoms with van der Waals surface area (Å²) in [5.41, 5.74) is 0.880. The number of aromatic nitrogens is 2. The molecule has 0 fully saturated rings. The van der Waals surface area contributed by atoms with E-state index in [4.69, 9.17) is 0 Å². The first-order valence-electron chi connectivity index (χ1n) is 6.17. The quantitative estimate of drug-likeness (QED) is 0.834. The van der Waals surface area contributed by atoms with Crippen molar-refractivity contribution in [3.05, 3.63) is 30.7 Å². The van der Waals surface area contributed by atoms with Crippen molar-refractivity contribution in [2.75, 3.05) is 24.0 Å². The molecule has 0 aliphatic carbocycles. The third-order valence-corrected chi connectivity index (χ3v) is 4.86. The zero-order valence-corrected chi connectivity index (χ0v) is 13.3. The molecular formula is C13H15N3O3S2. The van der Waals surface area contributed by atoms with E-state index in [-0.39, 0.29) is 18.1 Å². The molecule has 0 unspecified atom stereocenters. The van der Waals surface area contributed by atoms with Crippen molar-refractivity contribution >= 4 is 32.1 Å². The van der Waals surface area contributed by atoms with Gasteiger partial charge in [-0.3, -0.25) is 9.78 Å². The Hall–Kier alpha value is -1.80. The summed E-state index contributed by atoms with van der Waals surface area (Å²) in [5, 5.41) is 1.44. The molecule has 21 heavy (non-hydrogen) atoms. The number of carbonyl (C=O) groups excluding carboxylic acids is 1. The van der Waals surface area contributed by atoms with Crippen LogP contribution < -0.4 is 4.90 Å². The third kappa shape index (κ3) is 4.33. The lowest BCUT2D eigenvalue weighted by atomic mass is 10.3. The lowest BCUT2D eigenvalue weighted by Crippen LogP contribution is -2.27. The molecule has 0 aliphatic heterocycles. The van der Waals surface area contributed by atoms with Crippen molar-refractivity contribution in [1.29, 1.82) is 0 Å². The third-order valence-electron chi connectivity index (χ3n) is 2.79. The summed E-state index contributed by atoms with van der Waals surface area (Å²) in [4.78, 5) is 21.7. The average molecular weight is 325 g/mol. The van der Waals surface area contributed by atoms with Crippen molar-refractivity contribution in [2.45, 2.75) is 6.42 Å². The van der Waals surface area contributed by atoms with E-state index in [0.717, 1.165) is 16.8 Å². The van der Waals surface area contributed by atoms with E-state index in [0.29, 0.717) is 5.00 Å². The molecule has 6 nitrogen and oxygen atoms in total. The van der Waals surface area contributed by atoms with E-state index >= 15 is 0 Å². The van der Waals surface area contributed by atoms with Crippen molar-refractivity contribution in [1.82, 2.24) is 9.97 Å². The minimum atomic E-state index is -3.14. The smallest absolute Gasteiger partial charge is 0.228 e. The number of hydrogen-bond acceptors (Lipinski definition) is 6. The minimum Gasteiger partial charge on any atom is -0.306 e. The number of thiazole rings is 1. The fraction of sp³-hybridized carbons (Fsp3) is 0.308. The first-order valence-corrected chi connectivity index (χ1v) is 9.05. The molecule has 0 saturated heterocycles. The van der Waals surface area contributed by atoms with E-state index in [1.165, 1.54) is 16.2 Å². The molecule has 2 heterocycles. The average Bonchev–Trinajstić information content (AvgIpc) is 2.94. The predicted octanol–water partition coefficient (Wildman–Crippen LogP) is 1.60. The van der Waals surface area contributed by atoms with Crippen LogP contribution in [0.15, 0.2) is 30.7 Å². The van der Waals surface area contributed by atoms with Gasteiger partial charge in [0.2, 0.25) is 5.91 Å². The second-order valence-electron chi connectivity index (χ2n) is 4.58. The van der Waals surface area contributed by atoms with Gasteiger partial charge in [-0.1, -0.05) is 11.3 Å². The molecular weight excluding hydrogens is 310 g/mol. The highest BCUT2D eigenvalue weighted by molar-refractivity contribution is 7.90. The molecule has 0 aromatic carbocycles. The molecule has 2 aromatic rings. The van der Waals surface area contributed by atoms with Gasteiger partial charge < -0.3 is 4.90 Å². The summed E-state index contributed by atoms with van der Waals surface area (Å²) in [6.07, 6.45) is 6.07. The maximum Gasteiger partial charge on any atom is 0.228 e. The topological polar surface area (TPSA) is 80.2 Å². The van der Waals surface area contributed by atoms with Crippen molar-refractivity contribution in [3.63, 3.8) is 0 Å². The van der Waals surface area contributed by atoms with Crippen molar-refractivity contribution in [3.8, 4) is 10.6 Å². The number of amides is 1. The zero-order chi connectivity index (χ0) is 15.5. The molecule has 0 saturated carbocycles. The van der Waals surface area contributed by atoms with Gasteiger partial charge in [0.15, 0.2) is 0 Å². The van der Waals surface area contributed by atoms with Gasteiger partial charge in [-0.2, -0.15) is 0 Å². The summed E-state index contributed by atoms with van der Waals surface area (Å²) in [6.45, 7) is 0. The number of pyridine rings is 1. The SMILES string of the molecule is CN(C(=O)CCS(C)(=O)=O)c1cnc(-c2cccnc2)s1. The Morgan fingerprint density at radius 1 is 1.38 bits per heavy atom. The van der Waals surface area contributed by atoms with Gasteiger partial charge in [0.05, 0.1) is 11.9 Å². The van der Waals surface area contributed by atoms with Gasteiger partial charge in [-0.25, -0.2) is 13.4 Å². The standard InChI is InChI=1S/C13H15N3O3S2/c1-16(11(17)5-7-21(2,18)19)12-9-15-13(20-12)10-4-3-6-14-8-10/h3-4,6,8-9H,5,7H2,1-2H3. The second-order valence-corrected chi connectivity index (χ2v) is 7.85. The van der Waals surface area contributed by atoms with E-state index in [2.05, 4.69) is 9.97 Å². The van der Waals surface area contributed by atoms with E-state index < -0.39 is 9.84 Å². The first kappa shape index (κ1) is 15.6. The van der Waals surface area contributed by atoms with Gasteiger partial charge >= 0.3 is 0 Å². The summed E-state index contributed by atoms with van der Waals surface area (Å²) in [6, 6.07) is 3.71. The van der Waals surface area contributed by atoms with Crippen LogP contribution in [-0.2, 0) is 14.6 Å². The lowest BCUT2D eigenvalue weighted by molar-refractivity contribution is -0.117. The van der Waals surface area contributed by atoms with Gasteiger partial charge in [0.1, 0.15) is 19.8 Å². The summed E-state index contributed by atoms with van der Waals surface area (Å²) < 4.78 is 22.2. The van der Waals surface area contributed by atoms with E-state index in [1.54, 1.807) is 25.6 Å². The molecule has 0 N–H and O–H groups in total. The highest BCUT2D eigenvalue weighted by Gasteiger charge is 2.16. The van der Waals surface area contributed by atoms with Gasteiger partial charge in [0, 0.05) is 37.7 Å². The molecule has 0 bridgehead atoms. The number of carbonyl (C=O) groups is 1. The molecule has 0 atom stereocenters. The number of anilines is 1. The molecule has 8 heteroatoms. The van der Waals surface area contributed by atoms with Crippen LogP contribution in [0.25, 0.3) is 10.6 Å². The Morgan fingerprint density at radius 2 is 2.14 bits per heavy atom. The fourth-order valence-electron chi connectivity index (χ4n) is 1.61. The Morgan fingerprint density at radius 3 is 2.76 bits per heavy atom. The van der Waals surface area contributed by atoms with Crippen LogP contribution in [0, 0.1) is 0 Å². The van der Waals surface area contributed by atoms with Gasteiger partial charge in [-0.05, 0) is 12.1 Å². The number of sulfone groups is 1. The Labute approximate surface area is 127 Å². The van der Waals surface area contributed by atoms with E-state index in [9.17, 15) is 13.2 Å². The van der Waals surface area contributed by atoms with Crippen LogP contribution in [0.1, 0.15) is 6.42 Å². The lowest BCUT2D eigenvalue weighted by Gasteiger charge is -2.13. The molecule has 2 aromatic heterocycles. The maximum absolute atomic E-state index is 12.0. The van der Waals surface area contributed by atoms with Crippen LogP contribution in [0.5, 0.6) is 0 Å². The van der Waals surface area contributed by atoms with Crippen molar-refractivity contribution < 1.29 is 13.2 Å². The summed E-state index contributed by atoms with van der Waals surface area (Å²) >= 11 is 1.36. The van der Waals surface area contributed by atoms with Crippen LogP contribution in [0.2, 0.25) is 0 Å². The Balaban J connectivity index is 2.09. The van der Waals surface area contributed by atoms with Gasteiger partial charge in [-0.15, -0.1) is 0 Å². The number of hydrogen-bond donors (Lipinski definition) is 0. The molecule has 112 valence electrons. The van der Waals surface area contributed by atoms with Crippen LogP contribution in [-0.4, -0.2) is 43.3 Å². The van der Waals surface area contributed by atoms with Crippen LogP contribution in [0.3, 0.4) is 0 Å². The molecule has 1 amide bonds. The zero-order valence-electron chi connectivity index (χ0n) is 11.7. The highest BCUT2D eigenvalue weighted by atomic mass is 32.2. The highest BCUT2D eigenvalue weighted by Crippen LogP contribution is 2.30. The van der Waals surface area contributed by atoms with Crippen LogP contribution >= 0.6 is 11.3 Å². The number of rotatable bonds is 5. The monoisotopic (exact) mass is 325 g/mol. The van der Waals surface area contributed by atoms with Gasteiger partial charge in [0.25, 0.3) is 0 Å². The molecule has 0 aliphatic rings. The molecule has 0 radical (unpaired) electrons. The summed E-state index contributed by atoms with van der Waals surface area (Å²) in [5.74, 6) is -0.397. The maximum atomic E-state index is 12.0. The minimum absolute atomic E-state index is 0.0323. The summed E-state index contributed by atoms with van der Waals surface area (Å²) in [7, 11) is -1.52. The number of nitrogens with zero attached hydrogens (tertiary/aromatic N) is 3. The Kier molecular flexibility index (Phi) is 4.69. The first-order chi connectivity index (χ1) is 9.87. The normalized spacial score (nSPS) is 11.3. The Bertz CT molecular complexity index is 726. The van der Waals surface area contributed by atoms with E-state index in [1.807, 2.05) is 12.1 Å². The predicted molar refractivity (Wildman–Crippen MR) is 83.1 cm³/mol. The largest absolute Gasteiger partial charge is 0.306 e.